The number of hydrogen-bond acceptors (Lipinski definition) is 9. The molecular formula is C22H23FN4O6P+. The standard InChI is InChI=1S/C22H22FN4O6P/c23-17-4-1-3-16(9-17)13-31-21-7-6-15(12-25-21)10-18-11-20(33-26-18)19-5-2-8-27(22(19)24)14-32-34(28,29)30/h1-9,11-12,24,28-30,34H,10,13-14H2/p+1. The average Bonchev–Trinajstić information content (AvgIpc) is 3.25. The van der Waals surface area contributed by atoms with Crippen LogP contribution < -0.4 is 15.0 Å². The van der Waals surface area contributed by atoms with Gasteiger partial charge in [0.25, 0.3) is 0 Å². The first-order valence-corrected chi connectivity index (χ1v) is 11.9. The number of nitrogens with two attached hydrogens (primary N) is 1. The molecule has 0 radical (unpaired) electrons. The molecule has 12 heteroatoms. The molecule has 4 rings (SSSR count). The molecule has 5 N–H and O–H groups in total. The second kappa shape index (κ2) is 10.2. The molecule has 0 unspecified atom stereocenters. The fourth-order valence-corrected chi connectivity index (χ4v) is 3.47. The summed E-state index contributed by atoms with van der Waals surface area (Å²) in [6.07, 6.45) is 3.66. The number of ether oxygens (including phenoxy) is 1. The van der Waals surface area contributed by atoms with Crippen molar-refractivity contribution in [3.8, 4) is 17.2 Å². The molecule has 0 spiro atoms. The summed E-state index contributed by atoms with van der Waals surface area (Å²) in [5, 5.41) is 4.07. The van der Waals surface area contributed by atoms with Crippen LogP contribution in [0.5, 0.6) is 5.88 Å². The minimum atomic E-state index is -4.67. The molecule has 0 atom stereocenters. The van der Waals surface area contributed by atoms with E-state index in [0.717, 1.165) is 5.56 Å². The Morgan fingerprint density at radius 2 is 1.91 bits per heavy atom. The van der Waals surface area contributed by atoms with E-state index in [2.05, 4.69) is 14.7 Å². The minimum absolute atomic E-state index is 0.207. The van der Waals surface area contributed by atoms with Gasteiger partial charge in [0, 0.05) is 0 Å². The van der Waals surface area contributed by atoms with Crippen LogP contribution in [0, 0.1) is 5.82 Å². The predicted molar refractivity (Wildman–Crippen MR) is 120 cm³/mol. The summed E-state index contributed by atoms with van der Waals surface area (Å²) in [4.78, 5) is 31.4. The molecule has 0 amide bonds. The van der Waals surface area contributed by atoms with Crippen LogP contribution in [0.2, 0.25) is 0 Å². The number of benzene rings is 1. The van der Waals surface area contributed by atoms with Gasteiger partial charge in [-0.05, 0) is 17.7 Å². The fraction of sp³-hybridized carbons (Fsp3) is 0.136. The molecule has 3 aromatic heterocycles. The Bertz CT molecular complexity index is 1260. The zero-order valence-corrected chi connectivity index (χ0v) is 18.8. The maximum atomic E-state index is 13.3. The topological polar surface area (TPSA) is 148 Å². The van der Waals surface area contributed by atoms with E-state index in [4.69, 9.17) is 29.7 Å². The fourth-order valence-electron chi connectivity index (χ4n) is 3.16. The van der Waals surface area contributed by atoms with Gasteiger partial charge in [-0.25, -0.2) is 4.39 Å². The second-order valence-corrected chi connectivity index (χ2v) is 8.84. The Balaban J connectivity index is 1.39. The van der Waals surface area contributed by atoms with Crippen molar-refractivity contribution in [1.29, 1.82) is 0 Å². The van der Waals surface area contributed by atoms with Gasteiger partial charge in [-0.1, -0.05) is 12.1 Å². The van der Waals surface area contributed by atoms with Crippen LogP contribution in [-0.2, 0) is 24.3 Å². The van der Waals surface area contributed by atoms with Crippen LogP contribution in [-0.4, -0.2) is 24.8 Å². The number of nitrogen functional groups attached to an aromatic ring is 1. The SMILES string of the molecule is Nc1c(-c2cc(Cc3ccc(OCc4cccc(F)c4)nc3)no2)ccc[n+]1CO[PH](O)(O)O. The summed E-state index contributed by atoms with van der Waals surface area (Å²) in [6.45, 7) is -0.145. The molecule has 178 valence electrons. The molecule has 1 aromatic carbocycles. The van der Waals surface area contributed by atoms with Crippen LogP contribution in [0.3, 0.4) is 0 Å². The Morgan fingerprint density at radius 1 is 1.06 bits per heavy atom. The third-order valence-corrected chi connectivity index (χ3v) is 5.31. The average molecular weight is 489 g/mol. The maximum absolute atomic E-state index is 13.3. The summed E-state index contributed by atoms with van der Waals surface area (Å²) in [6, 6.07) is 14.9. The van der Waals surface area contributed by atoms with E-state index >= 15 is 0 Å². The van der Waals surface area contributed by atoms with Crippen LogP contribution in [0.15, 0.2) is 71.5 Å². The zero-order chi connectivity index (χ0) is 24.1. The van der Waals surface area contributed by atoms with Crippen molar-refractivity contribution >= 4 is 14.0 Å². The Labute approximate surface area is 194 Å². The van der Waals surface area contributed by atoms with Gasteiger partial charge in [-0.15, -0.1) is 0 Å². The Morgan fingerprint density at radius 3 is 2.65 bits per heavy atom. The molecule has 0 saturated heterocycles. The van der Waals surface area contributed by atoms with Crippen molar-refractivity contribution in [2.75, 3.05) is 5.73 Å². The van der Waals surface area contributed by atoms with E-state index in [1.54, 1.807) is 48.8 Å². The van der Waals surface area contributed by atoms with E-state index < -0.39 is 8.17 Å². The third-order valence-electron chi connectivity index (χ3n) is 4.79. The Hall–Kier alpha value is -3.47. The third kappa shape index (κ3) is 6.31. The summed E-state index contributed by atoms with van der Waals surface area (Å²) >= 11 is 0. The molecule has 34 heavy (non-hydrogen) atoms. The van der Waals surface area contributed by atoms with Crippen LogP contribution in [0.4, 0.5) is 10.2 Å². The zero-order valence-electron chi connectivity index (χ0n) is 17.8. The van der Waals surface area contributed by atoms with Crippen LogP contribution >= 0.6 is 8.17 Å². The number of nitrogens with zero attached hydrogens (tertiary/aromatic N) is 3. The summed E-state index contributed by atoms with van der Waals surface area (Å²) in [7, 11) is -4.67. The second-order valence-electron chi connectivity index (χ2n) is 7.41. The van der Waals surface area contributed by atoms with Gasteiger partial charge >= 0.3 is 137 Å². The predicted octanol–water partition coefficient (Wildman–Crippen LogP) is 2.28. The van der Waals surface area contributed by atoms with Crippen molar-refractivity contribution in [3.05, 3.63) is 89.6 Å². The van der Waals surface area contributed by atoms with E-state index in [1.165, 1.54) is 16.7 Å². The first kappa shape index (κ1) is 23.7. The van der Waals surface area contributed by atoms with E-state index in [0.29, 0.717) is 34.9 Å². The summed E-state index contributed by atoms with van der Waals surface area (Å²) in [5.41, 5.74) is 8.86. The number of rotatable bonds is 9. The van der Waals surface area contributed by atoms with Gasteiger partial charge in [0.2, 0.25) is 5.88 Å². The molecule has 0 saturated carbocycles. The normalized spacial score (nSPS) is 12.0. The number of hydrogen-bond donors (Lipinski definition) is 4. The Kier molecular flexibility index (Phi) is 7.11. The van der Waals surface area contributed by atoms with E-state index in [1.807, 2.05) is 6.07 Å². The van der Waals surface area contributed by atoms with Gasteiger partial charge in [-0.2, -0.15) is 0 Å². The molecular weight excluding hydrogens is 466 g/mol. The summed E-state index contributed by atoms with van der Waals surface area (Å²) in [5.74, 6) is 0.731. The van der Waals surface area contributed by atoms with E-state index in [9.17, 15) is 4.39 Å². The molecule has 4 aromatic rings. The molecule has 0 aliphatic heterocycles. The number of halogens is 1. The molecule has 0 aliphatic carbocycles. The molecule has 0 fully saturated rings. The quantitative estimate of drug-likeness (QED) is 0.205. The van der Waals surface area contributed by atoms with Gasteiger partial charge in [0.1, 0.15) is 12.4 Å². The van der Waals surface area contributed by atoms with Crippen LogP contribution in [0.25, 0.3) is 11.3 Å². The number of aromatic nitrogens is 3. The van der Waals surface area contributed by atoms with Crippen molar-refractivity contribution in [3.63, 3.8) is 0 Å². The van der Waals surface area contributed by atoms with E-state index in [-0.39, 0.29) is 25.0 Å². The molecule has 3 heterocycles. The van der Waals surface area contributed by atoms with Crippen molar-refractivity contribution < 1.29 is 37.4 Å². The van der Waals surface area contributed by atoms with Crippen LogP contribution in [0.1, 0.15) is 16.8 Å². The first-order chi connectivity index (χ1) is 16.3. The van der Waals surface area contributed by atoms with Gasteiger partial charge in [0.15, 0.2) is 0 Å². The van der Waals surface area contributed by atoms with Gasteiger partial charge in [-0.3, -0.25) is 0 Å². The van der Waals surface area contributed by atoms with Gasteiger partial charge in [0.05, 0.1) is 0 Å². The molecule has 0 aliphatic rings. The molecule has 10 nitrogen and oxygen atoms in total. The van der Waals surface area contributed by atoms with Gasteiger partial charge < -0.3 is 4.74 Å². The van der Waals surface area contributed by atoms with Crippen molar-refractivity contribution in [1.82, 2.24) is 10.1 Å². The van der Waals surface area contributed by atoms with Crippen molar-refractivity contribution in [2.45, 2.75) is 19.8 Å². The first-order valence-electron chi connectivity index (χ1n) is 10.1. The number of anilines is 1. The molecule has 0 bridgehead atoms. The number of pyridine rings is 2. The summed E-state index contributed by atoms with van der Waals surface area (Å²) < 4.78 is 30.3. The van der Waals surface area contributed by atoms with Crippen molar-refractivity contribution in [2.24, 2.45) is 0 Å². The monoisotopic (exact) mass is 489 g/mol.